The van der Waals surface area contributed by atoms with E-state index in [-0.39, 0.29) is 3.23 Å². The highest BCUT2D eigenvalue weighted by atomic mass is 79.9. The molecule has 3 heteroatoms. The molecule has 0 heterocycles. The van der Waals surface area contributed by atoms with Crippen LogP contribution < -0.4 is 0 Å². The number of halogens is 3. The Hall–Kier alpha value is 0.660. The average Bonchev–Trinajstić information content (AvgIpc) is 1.84. The fourth-order valence-corrected chi connectivity index (χ4v) is 4.16. The van der Waals surface area contributed by atoms with Gasteiger partial charge in [-0.25, -0.2) is 0 Å². The van der Waals surface area contributed by atoms with E-state index >= 15 is 0 Å². The second kappa shape index (κ2) is 2.57. The molecule has 1 aliphatic rings. The Morgan fingerprint density at radius 1 is 1.27 bits per heavy atom. The molecule has 58 valence electrons. The molecular formula is C8H5Br3. The standard InChI is InChI=1S/C8H5Br3/c9-6-3-1-2-5-4-8(10,11)7(5)6/h1-3H,4H2. The predicted molar refractivity (Wildman–Crippen MR) is 57.4 cm³/mol. The number of rotatable bonds is 0. The van der Waals surface area contributed by atoms with Gasteiger partial charge in [-0.2, -0.15) is 0 Å². The first kappa shape index (κ1) is 8.27. The largest absolute Gasteiger partial charge is 0.111 e. The van der Waals surface area contributed by atoms with Crippen molar-refractivity contribution in [3.8, 4) is 0 Å². The molecule has 1 aromatic carbocycles. The van der Waals surface area contributed by atoms with Crippen molar-refractivity contribution in [3.05, 3.63) is 33.8 Å². The highest BCUT2D eigenvalue weighted by molar-refractivity contribution is 9.24. The Labute approximate surface area is 90.8 Å². The van der Waals surface area contributed by atoms with Crippen LogP contribution in [0, 0.1) is 0 Å². The molecule has 0 fully saturated rings. The fraction of sp³-hybridized carbons (Fsp3) is 0.250. The monoisotopic (exact) mass is 338 g/mol. The summed E-state index contributed by atoms with van der Waals surface area (Å²) in [7, 11) is 0. The molecule has 0 N–H and O–H groups in total. The van der Waals surface area contributed by atoms with Crippen molar-refractivity contribution in [2.24, 2.45) is 0 Å². The molecule has 0 atom stereocenters. The van der Waals surface area contributed by atoms with Crippen LogP contribution in [0.3, 0.4) is 0 Å². The van der Waals surface area contributed by atoms with E-state index in [0.29, 0.717) is 0 Å². The van der Waals surface area contributed by atoms with Gasteiger partial charge in [0.2, 0.25) is 0 Å². The van der Waals surface area contributed by atoms with Crippen LogP contribution in [0.5, 0.6) is 0 Å². The van der Waals surface area contributed by atoms with Gasteiger partial charge in [0.25, 0.3) is 0 Å². The van der Waals surface area contributed by atoms with Gasteiger partial charge in [0.1, 0.15) is 3.23 Å². The summed E-state index contributed by atoms with van der Waals surface area (Å²) in [5, 5.41) is 0. The SMILES string of the molecule is Brc1cccc2c1C(Br)(Br)C2. The maximum Gasteiger partial charge on any atom is 0.111 e. The molecule has 11 heavy (non-hydrogen) atoms. The van der Waals surface area contributed by atoms with Crippen molar-refractivity contribution >= 4 is 47.8 Å². The number of benzene rings is 1. The van der Waals surface area contributed by atoms with Crippen LogP contribution in [0.4, 0.5) is 0 Å². The van der Waals surface area contributed by atoms with E-state index < -0.39 is 0 Å². The van der Waals surface area contributed by atoms with E-state index in [1.165, 1.54) is 15.6 Å². The van der Waals surface area contributed by atoms with Crippen LogP contribution in [0.2, 0.25) is 0 Å². The summed E-state index contributed by atoms with van der Waals surface area (Å²) in [5.41, 5.74) is 2.74. The highest BCUT2D eigenvalue weighted by Gasteiger charge is 2.39. The molecular weight excluding hydrogens is 336 g/mol. The van der Waals surface area contributed by atoms with Gasteiger partial charge in [-0.05, 0) is 17.2 Å². The minimum absolute atomic E-state index is 0.0232. The fourth-order valence-electron chi connectivity index (χ4n) is 1.35. The molecule has 1 aromatic rings. The quantitative estimate of drug-likeness (QED) is 0.627. The molecule has 0 amide bonds. The molecule has 0 nitrogen and oxygen atoms in total. The Balaban J connectivity index is 2.60. The number of alkyl halides is 2. The van der Waals surface area contributed by atoms with Gasteiger partial charge in [0.05, 0.1) is 0 Å². The lowest BCUT2D eigenvalue weighted by atomic mass is 9.88. The summed E-state index contributed by atoms with van der Waals surface area (Å²) in [6, 6.07) is 6.29. The van der Waals surface area contributed by atoms with Crippen molar-refractivity contribution in [1.29, 1.82) is 0 Å². The lowest BCUT2D eigenvalue weighted by molar-refractivity contribution is 0.778. The van der Waals surface area contributed by atoms with Crippen molar-refractivity contribution in [2.75, 3.05) is 0 Å². The summed E-state index contributed by atoms with van der Waals surface area (Å²) in [6.45, 7) is 0. The van der Waals surface area contributed by atoms with Crippen LogP contribution in [0.1, 0.15) is 11.1 Å². The average molecular weight is 341 g/mol. The summed E-state index contributed by atoms with van der Waals surface area (Å²) < 4.78 is 1.20. The first-order valence-electron chi connectivity index (χ1n) is 3.27. The van der Waals surface area contributed by atoms with Gasteiger partial charge in [-0.15, -0.1) is 0 Å². The smallest absolute Gasteiger partial charge is 0.0670 e. The van der Waals surface area contributed by atoms with Crippen LogP contribution in [0.25, 0.3) is 0 Å². The molecule has 0 aliphatic heterocycles. The van der Waals surface area contributed by atoms with Gasteiger partial charge in [-0.1, -0.05) is 59.9 Å². The highest BCUT2D eigenvalue weighted by Crippen LogP contribution is 2.53. The van der Waals surface area contributed by atoms with Crippen molar-refractivity contribution in [1.82, 2.24) is 0 Å². The zero-order chi connectivity index (χ0) is 8.06. The van der Waals surface area contributed by atoms with E-state index in [4.69, 9.17) is 0 Å². The molecule has 0 saturated carbocycles. The molecule has 0 unspecified atom stereocenters. The predicted octanol–water partition coefficient (Wildman–Crippen LogP) is 3.95. The minimum Gasteiger partial charge on any atom is -0.0670 e. The zero-order valence-electron chi connectivity index (χ0n) is 5.57. The number of fused-ring (bicyclic) bond motifs is 1. The van der Waals surface area contributed by atoms with E-state index in [1.54, 1.807) is 0 Å². The van der Waals surface area contributed by atoms with E-state index in [9.17, 15) is 0 Å². The van der Waals surface area contributed by atoms with E-state index in [0.717, 1.165) is 6.42 Å². The van der Waals surface area contributed by atoms with Gasteiger partial charge in [0.15, 0.2) is 0 Å². The first-order chi connectivity index (χ1) is 5.11. The lowest BCUT2D eigenvalue weighted by Crippen LogP contribution is -2.26. The second-order valence-electron chi connectivity index (χ2n) is 2.66. The van der Waals surface area contributed by atoms with Gasteiger partial charge >= 0.3 is 0 Å². The summed E-state index contributed by atoms with van der Waals surface area (Å²) >= 11 is 10.7. The molecule has 0 radical (unpaired) electrons. The molecule has 0 aromatic heterocycles. The van der Waals surface area contributed by atoms with Gasteiger partial charge < -0.3 is 0 Å². The molecule has 1 aliphatic carbocycles. The third-order valence-corrected chi connectivity index (χ3v) is 3.89. The molecule has 0 spiro atoms. The number of hydrogen-bond acceptors (Lipinski definition) is 0. The van der Waals surface area contributed by atoms with Crippen molar-refractivity contribution < 1.29 is 0 Å². The maximum atomic E-state index is 3.60. The molecule has 2 rings (SSSR count). The minimum atomic E-state index is 0.0232. The van der Waals surface area contributed by atoms with Crippen LogP contribution >= 0.6 is 47.8 Å². The second-order valence-corrected chi connectivity index (χ2v) is 7.28. The lowest BCUT2D eigenvalue weighted by Gasteiger charge is -2.35. The van der Waals surface area contributed by atoms with Gasteiger partial charge in [0, 0.05) is 10.9 Å². The summed E-state index contributed by atoms with van der Waals surface area (Å²) in [4.78, 5) is 0. The normalized spacial score (nSPS) is 18.8. The maximum absolute atomic E-state index is 3.60. The molecule has 0 bridgehead atoms. The van der Waals surface area contributed by atoms with Crippen molar-refractivity contribution in [2.45, 2.75) is 9.65 Å². The van der Waals surface area contributed by atoms with Crippen LogP contribution in [-0.2, 0) is 9.65 Å². The topological polar surface area (TPSA) is 0 Å². The molecule has 0 saturated heterocycles. The third kappa shape index (κ3) is 1.21. The van der Waals surface area contributed by atoms with E-state index in [2.05, 4.69) is 66.0 Å². The van der Waals surface area contributed by atoms with Crippen molar-refractivity contribution in [3.63, 3.8) is 0 Å². The van der Waals surface area contributed by atoms with Crippen LogP contribution in [-0.4, -0.2) is 0 Å². The summed E-state index contributed by atoms with van der Waals surface area (Å²) in [6.07, 6.45) is 1.06. The Kier molecular flexibility index (Phi) is 1.93. The summed E-state index contributed by atoms with van der Waals surface area (Å²) in [5.74, 6) is 0. The number of hydrogen-bond donors (Lipinski definition) is 0. The van der Waals surface area contributed by atoms with E-state index in [1.807, 2.05) is 0 Å². The zero-order valence-corrected chi connectivity index (χ0v) is 10.3. The van der Waals surface area contributed by atoms with Crippen LogP contribution in [0.15, 0.2) is 22.7 Å². The Morgan fingerprint density at radius 3 is 2.45 bits per heavy atom. The first-order valence-corrected chi connectivity index (χ1v) is 5.65. The Bertz CT molecular complexity index is 290. The van der Waals surface area contributed by atoms with Gasteiger partial charge in [-0.3, -0.25) is 0 Å². The third-order valence-electron chi connectivity index (χ3n) is 1.88. The Morgan fingerprint density at radius 2 is 2.00 bits per heavy atom.